The Balaban J connectivity index is 1.77. The molecule has 2 heterocycles. The number of fused-ring (bicyclic) bond motifs is 1. The summed E-state index contributed by atoms with van der Waals surface area (Å²) in [6.07, 6.45) is 1.68. The van der Waals surface area contributed by atoms with Gasteiger partial charge in [0.15, 0.2) is 0 Å². The standard InChI is InChI=1S/C19H22N2O3S/c1-4-14-12(2)25-18(17(14)19(23)24-3)20-16(22)11-21-10-9-13-7-5-6-8-15(13)21/h5-8H,4,9-11H2,1-3H3,(H,20,22). The maximum absolute atomic E-state index is 12.6. The number of carbonyl (C=O) groups excluding carboxylic acids is 2. The van der Waals surface area contributed by atoms with Crippen LogP contribution in [0.25, 0.3) is 0 Å². The zero-order valence-electron chi connectivity index (χ0n) is 14.7. The molecule has 0 saturated carbocycles. The predicted molar refractivity (Wildman–Crippen MR) is 101 cm³/mol. The molecule has 0 unspecified atom stereocenters. The average Bonchev–Trinajstić information content (AvgIpc) is 3.15. The van der Waals surface area contributed by atoms with Crippen molar-refractivity contribution in [1.82, 2.24) is 0 Å². The summed E-state index contributed by atoms with van der Waals surface area (Å²) in [6.45, 7) is 5.06. The van der Waals surface area contributed by atoms with Crippen LogP contribution in [0.3, 0.4) is 0 Å². The van der Waals surface area contributed by atoms with E-state index in [4.69, 9.17) is 4.74 Å². The molecule has 25 heavy (non-hydrogen) atoms. The van der Waals surface area contributed by atoms with Gasteiger partial charge in [-0.05, 0) is 37.0 Å². The molecule has 1 N–H and O–H groups in total. The number of para-hydroxylation sites is 1. The Morgan fingerprint density at radius 1 is 1.32 bits per heavy atom. The summed E-state index contributed by atoms with van der Waals surface area (Å²) in [6, 6.07) is 8.14. The second-order valence-corrected chi connectivity index (χ2v) is 7.26. The molecule has 0 spiro atoms. The molecule has 1 aliphatic rings. The first-order chi connectivity index (χ1) is 12.0. The van der Waals surface area contributed by atoms with Gasteiger partial charge in [0, 0.05) is 17.1 Å². The van der Waals surface area contributed by atoms with Crippen LogP contribution in [0.4, 0.5) is 10.7 Å². The molecule has 0 fully saturated rings. The molecule has 0 saturated heterocycles. The Hall–Kier alpha value is -2.34. The maximum atomic E-state index is 12.6. The number of nitrogens with one attached hydrogen (secondary N) is 1. The Kier molecular flexibility index (Phi) is 5.08. The highest BCUT2D eigenvalue weighted by atomic mass is 32.1. The molecule has 0 bridgehead atoms. The zero-order chi connectivity index (χ0) is 18.0. The van der Waals surface area contributed by atoms with E-state index in [-0.39, 0.29) is 12.5 Å². The van der Waals surface area contributed by atoms with E-state index in [1.165, 1.54) is 24.0 Å². The molecule has 132 valence electrons. The fourth-order valence-electron chi connectivity index (χ4n) is 3.32. The van der Waals surface area contributed by atoms with Crippen molar-refractivity contribution in [2.24, 2.45) is 0 Å². The number of aryl methyl sites for hydroxylation is 1. The van der Waals surface area contributed by atoms with Crippen molar-refractivity contribution in [3.05, 3.63) is 45.8 Å². The molecule has 6 heteroatoms. The van der Waals surface area contributed by atoms with E-state index in [0.717, 1.165) is 35.5 Å². The van der Waals surface area contributed by atoms with Crippen molar-refractivity contribution in [3.63, 3.8) is 0 Å². The number of esters is 1. The van der Waals surface area contributed by atoms with E-state index in [9.17, 15) is 9.59 Å². The first-order valence-electron chi connectivity index (χ1n) is 8.38. The van der Waals surface area contributed by atoms with Gasteiger partial charge in [-0.2, -0.15) is 0 Å². The monoisotopic (exact) mass is 358 g/mol. The molecule has 0 radical (unpaired) electrons. The van der Waals surface area contributed by atoms with Gasteiger partial charge in [0.25, 0.3) is 0 Å². The lowest BCUT2D eigenvalue weighted by molar-refractivity contribution is -0.114. The second kappa shape index (κ2) is 7.27. The molecule has 1 aliphatic heterocycles. The summed E-state index contributed by atoms with van der Waals surface area (Å²) in [4.78, 5) is 27.8. The number of thiophene rings is 1. The number of methoxy groups -OCH3 is 1. The molecule has 1 aromatic carbocycles. The molecule has 1 aromatic heterocycles. The van der Waals surface area contributed by atoms with E-state index in [1.807, 2.05) is 32.0 Å². The van der Waals surface area contributed by atoms with E-state index in [1.54, 1.807) is 0 Å². The first kappa shape index (κ1) is 17.5. The lowest BCUT2D eigenvalue weighted by Gasteiger charge is -2.18. The number of rotatable bonds is 5. The fraction of sp³-hybridized carbons (Fsp3) is 0.368. The quantitative estimate of drug-likeness (QED) is 0.832. The highest BCUT2D eigenvalue weighted by Gasteiger charge is 2.25. The van der Waals surface area contributed by atoms with Crippen LogP contribution >= 0.6 is 11.3 Å². The molecular weight excluding hydrogens is 336 g/mol. The number of hydrogen-bond donors (Lipinski definition) is 1. The molecule has 3 rings (SSSR count). The summed E-state index contributed by atoms with van der Waals surface area (Å²) >= 11 is 1.43. The minimum atomic E-state index is -0.400. The van der Waals surface area contributed by atoms with Gasteiger partial charge < -0.3 is 15.0 Å². The van der Waals surface area contributed by atoms with Crippen molar-refractivity contribution in [1.29, 1.82) is 0 Å². The van der Waals surface area contributed by atoms with E-state index in [0.29, 0.717) is 10.6 Å². The van der Waals surface area contributed by atoms with E-state index < -0.39 is 5.97 Å². The van der Waals surface area contributed by atoms with Gasteiger partial charge in [-0.25, -0.2) is 4.79 Å². The largest absolute Gasteiger partial charge is 0.465 e. The number of carbonyl (C=O) groups is 2. The number of benzene rings is 1. The van der Waals surface area contributed by atoms with Crippen molar-refractivity contribution in [2.45, 2.75) is 26.7 Å². The lowest BCUT2D eigenvalue weighted by Crippen LogP contribution is -2.32. The minimum Gasteiger partial charge on any atom is -0.465 e. The Morgan fingerprint density at radius 3 is 2.80 bits per heavy atom. The molecule has 5 nitrogen and oxygen atoms in total. The van der Waals surface area contributed by atoms with Gasteiger partial charge in [-0.1, -0.05) is 25.1 Å². The van der Waals surface area contributed by atoms with Gasteiger partial charge in [-0.3, -0.25) is 4.79 Å². The topological polar surface area (TPSA) is 58.6 Å². The Labute approximate surface area is 151 Å². The summed E-state index contributed by atoms with van der Waals surface area (Å²) in [5.74, 6) is -0.520. The highest BCUT2D eigenvalue weighted by Crippen LogP contribution is 2.34. The third-order valence-corrected chi connectivity index (χ3v) is 5.59. The molecule has 1 amide bonds. The van der Waals surface area contributed by atoms with E-state index in [2.05, 4.69) is 16.3 Å². The summed E-state index contributed by atoms with van der Waals surface area (Å²) in [5, 5.41) is 3.50. The van der Waals surface area contributed by atoms with Gasteiger partial charge >= 0.3 is 5.97 Å². The van der Waals surface area contributed by atoms with Crippen LogP contribution in [0.2, 0.25) is 0 Å². The normalized spacial score (nSPS) is 12.8. The molecular formula is C19H22N2O3S. The lowest BCUT2D eigenvalue weighted by atomic mass is 10.1. The molecule has 2 aromatic rings. The first-order valence-corrected chi connectivity index (χ1v) is 9.20. The van der Waals surface area contributed by atoms with Gasteiger partial charge in [0.05, 0.1) is 19.2 Å². The number of ether oxygens (including phenoxy) is 1. The van der Waals surface area contributed by atoms with Crippen LogP contribution in [0.5, 0.6) is 0 Å². The van der Waals surface area contributed by atoms with Crippen LogP contribution < -0.4 is 10.2 Å². The third kappa shape index (κ3) is 3.39. The van der Waals surface area contributed by atoms with E-state index >= 15 is 0 Å². The van der Waals surface area contributed by atoms with Crippen molar-refractivity contribution >= 4 is 33.9 Å². The van der Waals surface area contributed by atoms with Crippen LogP contribution in [0.1, 0.15) is 33.3 Å². The van der Waals surface area contributed by atoms with Crippen molar-refractivity contribution < 1.29 is 14.3 Å². The smallest absolute Gasteiger partial charge is 0.341 e. The summed E-state index contributed by atoms with van der Waals surface area (Å²) in [7, 11) is 1.36. The van der Waals surface area contributed by atoms with Crippen LogP contribution in [0, 0.1) is 6.92 Å². The zero-order valence-corrected chi connectivity index (χ0v) is 15.5. The maximum Gasteiger partial charge on any atom is 0.341 e. The summed E-state index contributed by atoms with van der Waals surface area (Å²) < 4.78 is 4.90. The van der Waals surface area contributed by atoms with Crippen LogP contribution in [-0.2, 0) is 22.4 Å². The van der Waals surface area contributed by atoms with Gasteiger partial charge in [-0.15, -0.1) is 11.3 Å². The predicted octanol–water partition coefficient (Wildman–Crippen LogP) is 3.41. The second-order valence-electron chi connectivity index (χ2n) is 6.03. The average molecular weight is 358 g/mol. The van der Waals surface area contributed by atoms with Crippen molar-refractivity contribution in [2.75, 3.05) is 30.4 Å². The summed E-state index contributed by atoms with van der Waals surface area (Å²) in [5.41, 5.74) is 3.81. The minimum absolute atomic E-state index is 0.120. The van der Waals surface area contributed by atoms with Gasteiger partial charge in [0.2, 0.25) is 5.91 Å². The third-order valence-electron chi connectivity index (χ3n) is 4.52. The molecule has 0 atom stereocenters. The fourth-order valence-corrected chi connectivity index (χ4v) is 4.47. The Morgan fingerprint density at radius 2 is 2.08 bits per heavy atom. The van der Waals surface area contributed by atoms with Crippen molar-refractivity contribution in [3.8, 4) is 0 Å². The number of anilines is 2. The number of hydrogen-bond acceptors (Lipinski definition) is 5. The number of nitrogens with zero attached hydrogens (tertiary/aromatic N) is 1. The highest BCUT2D eigenvalue weighted by molar-refractivity contribution is 7.16. The van der Waals surface area contributed by atoms with Crippen LogP contribution in [0.15, 0.2) is 24.3 Å². The molecule has 0 aliphatic carbocycles. The van der Waals surface area contributed by atoms with Gasteiger partial charge in [0.1, 0.15) is 5.00 Å². The Bertz CT molecular complexity index is 813. The SMILES string of the molecule is CCc1c(C)sc(NC(=O)CN2CCc3ccccc32)c1C(=O)OC. The number of amides is 1. The van der Waals surface area contributed by atoms with Crippen LogP contribution in [-0.4, -0.2) is 32.1 Å².